The molecule has 0 bridgehead atoms. The molecule has 6 heteroatoms. The Labute approximate surface area is 199 Å². The number of rotatable bonds is 12. The lowest BCUT2D eigenvalue weighted by Crippen LogP contribution is -2.10. The average molecular weight is 460 g/mol. The molecule has 0 saturated heterocycles. The highest BCUT2D eigenvalue weighted by Gasteiger charge is 2.15. The molecular weight excluding hydrogens is 430 g/mol. The predicted molar refractivity (Wildman–Crippen MR) is 134 cm³/mol. The van der Waals surface area contributed by atoms with Crippen molar-refractivity contribution in [2.24, 2.45) is 0 Å². The second-order valence-corrected chi connectivity index (χ2v) is 8.02. The summed E-state index contributed by atoms with van der Waals surface area (Å²) in [6.45, 7) is 3.15. The highest BCUT2D eigenvalue weighted by molar-refractivity contribution is 5.96. The number of furan rings is 1. The molecule has 0 aliphatic rings. The van der Waals surface area contributed by atoms with Crippen LogP contribution in [0, 0.1) is 0 Å². The van der Waals surface area contributed by atoms with Gasteiger partial charge in [0, 0.05) is 28.7 Å². The summed E-state index contributed by atoms with van der Waals surface area (Å²) in [4.78, 5) is 10.6. The minimum absolute atomic E-state index is 0.346. The Bertz CT molecular complexity index is 1220. The van der Waals surface area contributed by atoms with Crippen LogP contribution in [0.2, 0.25) is 0 Å². The molecule has 0 spiro atoms. The van der Waals surface area contributed by atoms with Crippen LogP contribution in [0.25, 0.3) is 22.1 Å². The van der Waals surface area contributed by atoms with Crippen molar-refractivity contribution in [2.45, 2.75) is 26.2 Å². The van der Waals surface area contributed by atoms with Gasteiger partial charge in [0.25, 0.3) is 0 Å². The van der Waals surface area contributed by atoms with Gasteiger partial charge in [-0.2, -0.15) is 0 Å². The van der Waals surface area contributed by atoms with Crippen LogP contribution in [0.1, 0.15) is 25.3 Å². The van der Waals surface area contributed by atoms with Gasteiger partial charge in [0.05, 0.1) is 12.9 Å². The van der Waals surface area contributed by atoms with Crippen molar-refractivity contribution in [3.63, 3.8) is 0 Å². The number of benzene rings is 3. The summed E-state index contributed by atoms with van der Waals surface area (Å²) >= 11 is 0. The topological polar surface area (TPSA) is 80.9 Å². The Balaban J connectivity index is 1.34. The summed E-state index contributed by atoms with van der Waals surface area (Å²) < 4.78 is 17.3. The highest BCUT2D eigenvalue weighted by Crippen LogP contribution is 2.37. The Hall–Kier alpha value is -3.93. The van der Waals surface area contributed by atoms with Crippen LogP contribution in [0.4, 0.5) is 5.69 Å². The number of nitrogens with one attached hydrogen (secondary N) is 1. The zero-order valence-corrected chi connectivity index (χ0v) is 19.3. The first-order valence-electron chi connectivity index (χ1n) is 11.6. The van der Waals surface area contributed by atoms with Crippen LogP contribution < -0.4 is 14.8 Å². The molecule has 0 fully saturated rings. The van der Waals surface area contributed by atoms with Gasteiger partial charge in [-0.3, -0.25) is 0 Å². The number of fused-ring (bicyclic) bond motifs is 1. The fourth-order valence-electron chi connectivity index (χ4n) is 3.90. The Morgan fingerprint density at radius 2 is 1.79 bits per heavy atom. The van der Waals surface area contributed by atoms with Gasteiger partial charge < -0.3 is 24.3 Å². The van der Waals surface area contributed by atoms with Crippen molar-refractivity contribution >= 4 is 22.6 Å². The standard InChI is InChI=1S/C28H29NO5/c1-2-7-24-26(15-14-23-25(18-34-28(23)24)20-8-4-3-5-9-20)32-17-6-16-29-21-10-12-22(13-11-21)33-19-27(30)31/h3-5,8-15,18,29H,2,6-7,16-17,19H2,1H3,(H,30,31). The van der Waals surface area contributed by atoms with Crippen LogP contribution in [0.15, 0.2) is 77.4 Å². The zero-order chi connectivity index (χ0) is 23.8. The number of anilines is 1. The van der Waals surface area contributed by atoms with Gasteiger partial charge in [-0.1, -0.05) is 43.7 Å². The van der Waals surface area contributed by atoms with Gasteiger partial charge in [-0.05, 0) is 54.8 Å². The smallest absolute Gasteiger partial charge is 0.341 e. The molecule has 34 heavy (non-hydrogen) atoms. The third-order valence-electron chi connectivity index (χ3n) is 5.51. The number of ether oxygens (including phenoxy) is 2. The summed E-state index contributed by atoms with van der Waals surface area (Å²) in [7, 11) is 0. The lowest BCUT2D eigenvalue weighted by atomic mass is 10.0. The van der Waals surface area contributed by atoms with Gasteiger partial charge in [-0.25, -0.2) is 4.79 Å². The molecule has 4 rings (SSSR count). The number of carbonyl (C=O) groups is 1. The van der Waals surface area contributed by atoms with E-state index in [1.54, 1.807) is 12.1 Å². The van der Waals surface area contributed by atoms with E-state index in [0.717, 1.165) is 64.9 Å². The van der Waals surface area contributed by atoms with E-state index in [0.29, 0.717) is 12.4 Å². The van der Waals surface area contributed by atoms with Crippen molar-refractivity contribution in [3.8, 4) is 22.6 Å². The number of aryl methyl sites for hydroxylation is 1. The summed E-state index contributed by atoms with van der Waals surface area (Å²) in [5.41, 5.74) is 5.21. The molecule has 0 aliphatic heterocycles. The minimum Gasteiger partial charge on any atom is -0.493 e. The number of hydrogen-bond acceptors (Lipinski definition) is 5. The van der Waals surface area contributed by atoms with Crippen LogP contribution in [0.3, 0.4) is 0 Å². The van der Waals surface area contributed by atoms with Gasteiger partial charge in [0.1, 0.15) is 17.1 Å². The van der Waals surface area contributed by atoms with E-state index < -0.39 is 5.97 Å². The van der Waals surface area contributed by atoms with E-state index in [9.17, 15) is 4.79 Å². The fraction of sp³-hybridized carbons (Fsp3) is 0.250. The Morgan fingerprint density at radius 1 is 1.00 bits per heavy atom. The van der Waals surface area contributed by atoms with Crippen molar-refractivity contribution < 1.29 is 23.8 Å². The largest absolute Gasteiger partial charge is 0.493 e. The van der Waals surface area contributed by atoms with E-state index in [1.165, 1.54) is 0 Å². The SMILES string of the molecule is CCCc1c(OCCCNc2ccc(OCC(=O)O)cc2)ccc2c(-c3ccccc3)coc12. The first kappa shape index (κ1) is 23.2. The minimum atomic E-state index is -0.993. The maximum absolute atomic E-state index is 10.6. The number of carboxylic acids is 1. The monoisotopic (exact) mass is 459 g/mol. The van der Waals surface area contributed by atoms with E-state index in [1.807, 2.05) is 36.6 Å². The van der Waals surface area contributed by atoms with E-state index in [-0.39, 0.29) is 6.61 Å². The number of hydrogen-bond donors (Lipinski definition) is 2. The molecule has 0 saturated carbocycles. The average Bonchev–Trinajstić information content (AvgIpc) is 3.29. The molecule has 2 N–H and O–H groups in total. The molecule has 0 radical (unpaired) electrons. The van der Waals surface area contributed by atoms with Crippen LogP contribution >= 0.6 is 0 Å². The quantitative estimate of drug-likeness (QED) is 0.239. The van der Waals surface area contributed by atoms with Gasteiger partial charge in [0.2, 0.25) is 0 Å². The molecular formula is C28H29NO5. The zero-order valence-electron chi connectivity index (χ0n) is 19.3. The summed E-state index contributed by atoms with van der Waals surface area (Å²) in [5.74, 6) is 0.416. The molecule has 176 valence electrons. The van der Waals surface area contributed by atoms with Gasteiger partial charge >= 0.3 is 5.97 Å². The summed E-state index contributed by atoms with van der Waals surface area (Å²) in [6.07, 6.45) is 4.56. The van der Waals surface area contributed by atoms with Gasteiger partial charge in [0.15, 0.2) is 6.61 Å². The lowest BCUT2D eigenvalue weighted by molar-refractivity contribution is -0.139. The molecule has 1 heterocycles. The second-order valence-electron chi connectivity index (χ2n) is 8.02. The van der Waals surface area contributed by atoms with E-state index >= 15 is 0 Å². The predicted octanol–water partition coefficient (Wildman–Crippen LogP) is 6.40. The molecule has 0 atom stereocenters. The lowest BCUT2D eigenvalue weighted by Gasteiger charge is -2.13. The van der Waals surface area contributed by atoms with Crippen LogP contribution in [-0.4, -0.2) is 30.8 Å². The molecule has 0 unspecified atom stereocenters. The number of aliphatic carboxylic acids is 1. The third-order valence-corrected chi connectivity index (χ3v) is 5.51. The molecule has 1 aromatic heterocycles. The Morgan fingerprint density at radius 3 is 2.53 bits per heavy atom. The van der Waals surface area contributed by atoms with Crippen molar-refractivity contribution in [3.05, 3.63) is 78.6 Å². The Kier molecular flexibility index (Phi) is 7.71. The first-order valence-corrected chi connectivity index (χ1v) is 11.6. The maximum Gasteiger partial charge on any atom is 0.341 e. The highest BCUT2D eigenvalue weighted by atomic mass is 16.5. The van der Waals surface area contributed by atoms with Crippen LogP contribution in [0.5, 0.6) is 11.5 Å². The third kappa shape index (κ3) is 5.70. The fourth-order valence-corrected chi connectivity index (χ4v) is 3.90. The summed E-state index contributed by atoms with van der Waals surface area (Å²) in [6, 6.07) is 21.7. The summed E-state index contributed by atoms with van der Waals surface area (Å²) in [5, 5.41) is 13.1. The molecule has 3 aromatic carbocycles. The van der Waals surface area contributed by atoms with E-state index in [4.69, 9.17) is 19.0 Å². The van der Waals surface area contributed by atoms with Crippen LogP contribution in [-0.2, 0) is 11.2 Å². The van der Waals surface area contributed by atoms with E-state index in [2.05, 4.69) is 36.5 Å². The number of carboxylic acid groups (broad SMARTS) is 1. The van der Waals surface area contributed by atoms with Gasteiger partial charge in [-0.15, -0.1) is 0 Å². The normalized spacial score (nSPS) is 10.9. The molecule has 6 nitrogen and oxygen atoms in total. The maximum atomic E-state index is 10.6. The second kappa shape index (κ2) is 11.3. The molecule has 0 amide bonds. The van der Waals surface area contributed by atoms with Crippen molar-refractivity contribution in [1.29, 1.82) is 0 Å². The van der Waals surface area contributed by atoms with Crippen molar-refractivity contribution in [1.82, 2.24) is 0 Å². The molecule has 0 aliphatic carbocycles. The molecule has 4 aromatic rings. The first-order chi connectivity index (χ1) is 16.7. The van der Waals surface area contributed by atoms with Crippen molar-refractivity contribution in [2.75, 3.05) is 25.1 Å².